The molecule has 0 radical (unpaired) electrons. The van der Waals surface area contributed by atoms with Crippen molar-refractivity contribution in [3.8, 4) is 5.88 Å². The fourth-order valence-corrected chi connectivity index (χ4v) is 5.00. The molecule has 1 amide bonds. The van der Waals surface area contributed by atoms with Crippen LogP contribution in [0.25, 0.3) is 0 Å². The van der Waals surface area contributed by atoms with Crippen LogP contribution >= 0.6 is 23.2 Å². The molecule has 0 spiro atoms. The first-order chi connectivity index (χ1) is 17.4. The molecule has 36 heavy (non-hydrogen) atoms. The first-order valence-electron chi connectivity index (χ1n) is 11.7. The third-order valence-corrected chi connectivity index (χ3v) is 6.66. The highest BCUT2D eigenvalue weighted by Crippen LogP contribution is 2.37. The van der Waals surface area contributed by atoms with Crippen LogP contribution in [0.1, 0.15) is 15.9 Å². The second kappa shape index (κ2) is 10.5. The van der Waals surface area contributed by atoms with Gasteiger partial charge in [-0.05, 0) is 50.0 Å². The van der Waals surface area contributed by atoms with Crippen molar-refractivity contribution in [2.45, 2.75) is 6.54 Å². The van der Waals surface area contributed by atoms with Gasteiger partial charge in [-0.15, -0.1) is 0 Å². The fourth-order valence-electron chi connectivity index (χ4n) is 4.40. The van der Waals surface area contributed by atoms with Crippen molar-refractivity contribution >= 4 is 52.1 Å². The number of carbonyl (C=O) groups is 1. The predicted octanol–water partition coefficient (Wildman–Crippen LogP) is 3.99. The van der Waals surface area contributed by atoms with Crippen molar-refractivity contribution in [1.82, 2.24) is 20.2 Å². The lowest BCUT2D eigenvalue weighted by atomic mass is 10.1. The summed E-state index contributed by atoms with van der Waals surface area (Å²) in [6.45, 7) is 4.65. The van der Waals surface area contributed by atoms with E-state index in [4.69, 9.17) is 27.9 Å². The molecule has 0 aliphatic carbocycles. The number of halogens is 2. The molecule has 0 bridgehead atoms. The summed E-state index contributed by atoms with van der Waals surface area (Å²) < 4.78 is 5.80. The Hall–Kier alpha value is -3.11. The standard InChI is InChI=1S/C25H27Cl2N7O2/c1-32(2)14-16-12-17(6-7-21(16)33-10-8-28-9-11-33)30-25-29-13-18-23(31-25)36-15-34(24(18)35)22-19(26)4-3-5-20(22)27/h3-7,12-13,28H,8-11,14-15H2,1-2H3,(H,29,30,31). The maximum absolute atomic E-state index is 13.1. The van der Waals surface area contributed by atoms with Gasteiger partial charge in [0.2, 0.25) is 11.8 Å². The normalized spacial score (nSPS) is 15.6. The largest absolute Gasteiger partial charge is 0.455 e. The van der Waals surface area contributed by atoms with Gasteiger partial charge in [-0.1, -0.05) is 29.3 Å². The SMILES string of the molecule is CN(C)Cc1cc(Nc2ncc3c(n2)OCN(c2c(Cl)cccc2Cl)C3=O)ccc1N1CCNCC1. The van der Waals surface area contributed by atoms with E-state index in [-0.39, 0.29) is 24.1 Å². The number of para-hydroxylation sites is 1. The summed E-state index contributed by atoms with van der Waals surface area (Å²) in [6, 6.07) is 11.3. The van der Waals surface area contributed by atoms with Crippen molar-refractivity contribution in [2.24, 2.45) is 0 Å². The smallest absolute Gasteiger partial charge is 0.268 e. The number of hydrogen-bond donors (Lipinski definition) is 2. The Morgan fingerprint density at radius 3 is 2.61 bits per heavy atom. The Bertz CT molecular complexity index is 1260. The molecule has 0 saturated carbocycles. The Morgan fingerprint density at radius 2 is 1.89 bits per heavy atom. The van der Waals surface area contributed by atoms with E-state index in [9.17, 15) is 4.79 Å². The van der Waals surface area contributed by atoms with E-state index in [1.54, 1.807) is 18.2 Å². The summed E-state index contributed by atoms with van der Waals surface area (Å²) in [6.07, 6.45) is 1.46. The first-order valence-corrected chi connectivity index (χ1v) is 12.4. The summed E-state index contributed by atoms with van der Waals surface area (Å²) in [5, 5.41) is 7.38. The quantitative estimate of drug-likeness (QED) is 0.497. The maximum Gasteiger partial charge on any atom is 0.268 e. The number of rotatable bonds is 6. The van der Waals surface area contributed by atoms with Crippen LogP contribution in [-0.2, 0) is 6.54 Å². The number of nitrogens with zero attached hydrogens (tertiary/aromatic N) is 5. The molecule has 3 aromatic rings. The van der Waals surface area contributed by atoms with Crippen LogP contribution in [0.4, 0.5) is 23.0 Å². The molecule has 2 aromatic carbocycles. The average molecular weight is 528 g/mol. The molecule has 5 rings (SSSR count). The van der Waals surface area contributed by atoms with E-state index in [2.05, 4.69) is 56.6 Å². The minimum absolute atomic E-state index is 0.0574. The molecule has 1 fully saturated rings. The maximum atomic E-state index is 13.1. The molecule has 0 atom stereocenters. The van der Waals surface area contributed by atoms with Gasteiger partial charge in [-0.25, -0.2) is 4.98 Å². The second-order valence-corrected chi connectivity index (χ2v) is 9.75. The fraction of sp³-hybridized carbons (Fsp3) is 0.320. The molecule has 3 heterocycles. The minimum atomic E-state index is -0.327. The molecule has 2 aliphatic rings. The molecular weight excluding hydrogens is 501 g/mol. The van der Waals surface area contributed by atoms with E-state index >= 15 is 0 Å². The van der Waals surface area contributed by atoms with E-state index in [0.717, 1.165) is 38.4 Å². The highest BCUT2D eigenvalue weighted by atomic mass is 35.5. The van der Waals surface area contributed by atoms with Crippen LogP contribution in [0.2, 0.25) is 10.0 Å². The number of aromatic nitrogens is 2. The topological polar surface area (TPSA) is 85.9 Å². The average Bonchev–Trinajstić information content (AvgIpc) is 2.85. The molecule has 2 aliphatic heterocycles. The monoisotopic (exact) mass is 527 g/mol. The van der Waals surface area contributed by atoms with Crippen LogP contribution in [0, 0.1) is 0 Å². The summed E-state index contributed by atoms with van der Waals surface area (Å²) in [7, 11) is 4.11. The van der Waals surface area contributed by atoms with Crippen LogP contribution < -0.4 is 25.2 Å². The van der Waals surface area contributed by atoms with Gasteiger partial charge in [0.25, 0.3) is 5.91 Å². The number of amides is 1. The van der Waals surface area contributed by atoms with Crippen molar-refractivity contribution in [3.05, 3.63) is 63.8 Å². The van der Waals surface area contributed by atoms with Gasteiger partial charge in [0, 0.05) is 50.3 Å². The molecule has 2 N–H and O–H groups in total. The molecule has 1 aromatic heterocycles. The number of anilines is 4. The Morgan fingerprint density at radius 1 is 1.14 bits per heavy atom. The molecule has 0 unspecified atom stereocenters. The van der Waals surface area contributed by atoms with Crippen molar-refractivity contribution < 1.29 is 9.53 Å². The van der Waals surface area contributed by atoms with Gasteiger partial charge in [0.1, 0.15) is 5.56 Å². The first kappa shape index (κ1) is 24.6. The lowest BCUT2D eigenvalue weighted by Crippen LogP contribution is -2.44. The van der Waals surface area contributed by atoms with Gasteiger partial charge >= 0.3 is 0 Å². The number of hydrogen-bond acceptors (Lipinski definition) is 8. The molecule has 11 heteroatoms. The number of ether oxygens (including phenoxy) is 1. The Kier molecular flexibility index (Phi) is 7.15. The highest BCUT2D eigenvalue weighted by molar-refractivity contribution is 6.40. The summed E-state index contributed by atoms with van der Waals surface area (Å²) in [5.74, 6) is 0.228. The van der Waals surface area contributed by atoms with Gasteiger partial charge < -0.3 is 25.2 Å². The van der Waals surface area contributed by atoms with Crippen molar-refractivity contribution in [2.75, 3.05) is 62.1 Å². The van der Waals surface area contributed by atoms with E-state index in [0.29, 0.717) is 21.7 Å². The van der Waals surface area contributed by atoms with Gasteiger partial charge in [-0.3, -0.25) is 9.69 Å². The van der Waals surface area contributed by atoms with E-state index < -0.39 is 0 Å². The van der Waals surface area contributed by atoms with Crippen molar-refractivity contribution in [1.29, 1.82) is 0 Å². The number of fused-ring (bicyclic) bond motifs is 1. The zero-order valence-electron chi connectivity index (χ0n) is 20.1. The Labute approximate surface area is 220 Å². The van der Waals surface area contributed by atoms with Crippen LogP contribution in [0.3, 0.4) is 0 Å². The molecule has 188 valence electrons. The number of carbonyl (C=O) groups excluding carboxylic acids is 1. The third-order valence-electron chi connectivity index (χ3n) is 6.05. The molecule has 9 nitrogen and oxygen atoms in total. The van der Waals surface area contributed by atoms with E-state index in [1.165, 1.54) is 22.3 Å². The van der Waals surface area contributed by atoms with Gasteiger partial charge in [0.05, 0.1) is 15.7 Å². The number of piperazine rings is 1. The summed E-state index contributed by atoms with van der Waals surface area (Å²) in [5.41, 5.74) is 3.94. The summed E-state index contributed by atoms with van der Waals surface area (Å²) >= 11 is 12.6. The molecular formula is C25H27Cl2N7O2. The van der Waals surface area contributed by atoms with Crippen LogP contribution in [0.15, 0.2) is 42.6 Å². The zero-order valence-corrected chi connectivity index (χ0v) is 21.6. The van der Waals surface area contributed by atoms with Crippen LogP contribution in [-0.4, -0.2) is 67.8 Å². The van der Waals surface area contributed by atoms with Gasteiger partial charge in [-0.2, -0.15) is 4.98 Å². The lowest BCUT2D eigenvalue weighted by molar-refractivity contribution is 0.0932. The number of nitrogens with one attached hydrogen (secondary N) is 2. The zero-order chi connectivity index (χ0) is 25.2. The Balaban J connectivity index is 1.37. The highest BCUT2D eigenvalue weighted by Gasteiger charge is 2.31. The second-order valence-electron chi connectivity index (χ2n) is 8.93. The summed E-state index contributed by atoms with van der Waals surface area (Å²) in [4.78, 5) is 27.9. The third kappa shape index (κ3) is 5.05. The van der Waals surface area contributed by atoms with Gasteiger partial charge in [0.15, 0.2) is 6.73 Å². The lowest BCUT2D eigenvalue weighted by Gasteiger charge is -2.32. The molecule has 1 saturated heterocycles. The van der Waals surface area contributed by atoms with Crippen LogP contribution in [0.5, 0.6) is 5.88 Å². The van der Waals surface area contributed by atoms with E-state index in [1.807, 2.05) is 6.07 Å². The van der Waals surface area contributed by atoms with Crippen molar-refractivity contribution in [3.63, 3.8) is 0 Å². The predicted molar refractivity (Wildman–Crippen MR) is 143 cm³/mol. The minimum Gasteiger partial charge on any atom is -0.455 e. The number of benzene rings is 2.